The first-order valence-electron chi connectivity index (χ1n) is 12.2. The molecule has 0 aromatic heterocycles. The first-order valence-corrected chi connectivity index (χ1v) is 12.2. The molecule has 3 aromatic carbocycles. The summed E-state index contributed by atoms with van der Waals surface area (Å²) in [5.41, 5.74) is 5.09. The fourth-order valence-corrected chi connectivity index (χ4v) is 5.26. The fourth-order valence-electron chi connectivity index (χ4n) is 5.26. The van der Waals surface area contributed by atoms with Gasteiger partial charge in [0.2, 0.25) is 0 Å². The normalized spacial score (nSPS) is 19.1. The number of carbonyl (C=O) groups excluding carboxylic acids is 1. The summed E-state index contributed by atoms with van der Waals surface area (Å²) in [7, 11) is 1.69. The van der Waals surface area contributed by atoms with Gasteiger partial charge in [0, 0.05) is 43.9 Å². The topological polar surface area (TPSA) is 50.8 Å². The minimum Gasteiger partial charge on any atom is -0.496 e. The second-order valence-electron chi connectivity index (χ2n) is 9.15. The molecule has 2 aliphatic heterocycles. The Morgan fingerprint density at radius 3 is 2.79 bits per heavy atom. The molecule has 2 heterocycles. The average Bonchev–Trinajstić information content (AvgIpc) is 3.52. The third-order valence-corrected chi connectivity index (χ3v) is 7.00. The zero-order chi connectivity index (χ0) is 23.4. The highest BCUT2D eigenvalue weighted by Crippen LogP contribution is 2.34. The second-order valence-corrected chi connectivity index (χ2v) is 9.15. The molecular formula is C29H32N2O3. The molecule has 0 saturated carbocycles. The lowest BCUT2D eigenvalue weighted by atomic mass is 9.89. The number of carbonyl (C=O) groups is 1. The van der Waals surface area contributed by atoms with Gasteiger partial charge in [0.05, 0.1) is 7.11 Å². The lowest BCUT2D eigenvalue weighted by Crippen LogP contribution is -2.49. The van der Waals surface area contributed by atoms with E-state index in [0.717, 1.165) is 54.8 Å². The number of nitrogens with zero attached hydrogens (tertiary/aromatic N) is 1. The van der Waals surface area contributed by atoms with Crippen molar-refractivity contribution in [2.45, 2.75) is 31.3 Å². The van der Waals surface area contributed by atoms with Gasteiger partial charge in [-0.05, 0) is 48.1 Å². The zero-order valence-electron chi connectivity index (χ0n) is 19.8. The van der Waals surface area contributed by atoms with Crippen molar-refractivity contribution in [2.75, 3.05) is 38.3 Å². The molecule has 0 unspecified atom stereocenters. The molecule has 5 nitrogen and oxygen atoms in total. The van der Waals surface area contributed by atoms with Gasteiger partial charge in [-0.15, -0.1) is 0 Å². The number of rotatable bonds is 8. The van der Waals surface area contributed by atoms with E-state index in [-0.39, 0.29) is 5.91 Å². The second kappa shape index (κ2) is 9.90. The number of fused-ring (bicyclic) bond motifs is 1. The van der Waals surface area contributed by atoms with E-state index >= 15 is 0 Å². The van der Waals surface area contributed by atoms with E-state index in [9.17, 15) is 4.79 Å². The number of hydrogen-bond donors (Lipinski definition) is 1. The van der Waals surface area contributed by atoms with E-state index in [1.54, 1.807) is 7.11 Å². The molecule has 1 atom stereocenters. The number of hydrogen-bond acceptors (Lipinski definition) is 4. The Hall–Kier alpha value is -3.31. The van der Waals surface area contributed by atoms with E-state index in [0.29, 0.717) is 19.6 Å². The van der Waals surface area contributed by atoms with Crippen LogP contribution in [0.15, 0.2) is 72.8 Å². The molecule has 34 heavy (non-hydrogen) atoms. The summed E-state index contributed by atoms with van der Waals surface area (Å²) in [5.74, 6) is 0.841. The van der Waals surface area contributed by atoms with Crippen LogP contribution in [0.1, 0.15) is 24.0 Å². The van der Waals surface area contributed by atoms with Gasteiger partial charge in [-0.2, -0.15) is 0 Å². The molecule has 0 radical (unpaired) electrons. The summed E-state index contributed by atoms with van der Waals surface area (Å²) in [6.07, 6.45) is 3.28. The van der Waals surface area contributed by atoms with Gasteiger partial charge >= 0.3 is 0 Å². The number of methoxy groups -OCH3 is 1. The van der Waals surface area contributed by atoms with Gasteiger partial charge in [-0.3, -0.25) is 4.79 Å². The Morgan fingerprint density at radius 2 is 1.94 bits per heavy atom. The highest BCUT2D eigenvalue weighted by Gasteiger charge is 2.42. The van der Waals surface area contributed by atoms with Crippen LogP contribution in [-0.2, 0) is 22.4 Å². The van der Waals surface area contributed by atoms with E-state index in [1.807, 2.05) is 24.3 Å². The Morgan fingerprint density at radius 1 is 1.09 bits per heavy atom. The van der Waals surface area contributed by atoms with Crippen molar-refractivity contribution < 1.29 is 14.3 Å². The van der Waals surface area contributed by atoms with Gasteiger partial charge < -0.3 is 19.7 Å². The maximum atomic E-state index is 13.4. The standard InChI is InChI=1S/C29H32N2O3/c1-33-27-13-5-3-11-25(27)24-10-6-8-22(20-24)21-29(15-7-19-34-29)28(32)30-16-18-31-17-14-23-9-2-4-12-26(23)31/h2-6,8-13,20H,7,14-19,21H2,1H3,(H,30,32)/t29-/m1/s1. The van der Waals surface area contributed by atoms with Crippen LogP contribution < -0.4 is 15.0 Å². The third kappa shape index (κ3) is 4.53. The van der Waals surface area contributed by atoms with Crippen molar-refractivity contribution in [1.29, 1.82) is 0 Å². The maximum absolute atomic E-state index is 13.4. The van der Waals surface area contributed by atoms with Crippen LogP contribution in [-0.4, -0.2) is 44.9 Å². The van der Waals surface area contributed by atoms with E-state index in [1.165, 1.54) is 11.3 Å². The Balaban J connectivity index is 1.27. The molecule has 176 valence electrons. The van der Waals surface area contributed by atoms with E-state index in [4.69, 9.17) is 9.47 Å². The monoisotopic (exact) mass is 456 g/mol. The molecule has 1 saturated heterocycles. The van der Waals surface area contributed by atoms with E-state index < -0.39 is 5.60 Å². The molecule has 1 fully saturated rings. The van der Waals surface area contributed by atoms with Gasteiger partial charge in [-0.25, -0.2) is 0 Å². The summed E-state index contributed by atoms with van der Waals surface area (Å²) in [4.78, 5) is 15.7. The molecule has 1 amide bonds. The first kappa shape index (κ1) is 22.5. The number of benzene rings is 3. The highest BCUT2D eigenvalue weighted by molar-refractivity contribution is 5.86. The molecule has 2 aliphatic rings. The average molecular weight is 457 g/mol. The van der Waals surface area contributed by atoms with Crippen LogP contribution >= 0.6 is 0 Å². The number of anilines is 1. The van der Waals surface area contributed by atoms with Gasteiger partial charge in [0.1, 0.15) is 5.75 Å². The summed E-state index contributed by atoms with van der Waals surface area (Å²) >= 11 is 0. The Kier molecular flexibility index (Phi) is 6.54. The summed E-state index contributed by atoms with van der Waals surface area (Å²) in [6.45, 7) is 3.05. The lowest BCUT2D eigenvalue weighted by molar-refractivity contribution is -0.141. The summed E-state index contributed by atoms with van der Waals surface area (Å²) < 4.78 is 11.7. The van der Waals surface area contributed by atoms with Crippen molar-refractivity contribution in [1.82, 2.24) is 5.32 Å². The molecule has 5 heteroatoms. The molecule has 5 rings (SSSR count). The van der Waals surface area contributed by atoms with Crippen LogP contribution in [0, 0.1) is 0 Å². The number of nitrogens with one attached hydrogen (secondary N) is 1. The smallest absolute Gasteiger partial charge is 0.252 e. The van der Waals surface area contributed by atoms with Crippen molar-refractivity contribution in [3.63, 3.8) is 0 Å². The van der Waals surface area contributed by atoms with E-state index in [2.05, 4.69) is 58.7 Å². The predicted octanol–water partition coefficient (Wildman–Crippen LogP) is 4.63. The SMILES string of the molecule is COc1ccccc1-c1cccc(C[C@@]2(C(=O)NCCN3CCc4ccccc43)CCCO2)c1. The van der Waals surface area contributed by atoms with Gasteiger partial charge in [0.15, 0.2) is 5.60 Å². The van der Waals surface area contributed by atoms with Crippen LogP contribution in [0.2, 0.25) is 0 Å². The first-order chi connectivity index (χ1) is 16.7. The quantitative estimate of drug-likeness (QED) is 0.537. The number of amides is 1. The minimum atomic E-state index is -0.803. The Bertz CT molecular complexity index is 1150. The van der Waals surface area contributed by atoms with Crippen molar-refractivity contribution in [2.24, 2.45) is 0 Å². The van der Waals surface area contributed by atoms with Crippen molar-refractivity contribution >= 4 is 11.6 Å². The van der Waals surface area contributed by atoms with Crippen LogP contribution in [0.25, 0.3) is 11.1 Å². The minimum absolute atomic E-state index is 0.000164. The number of para-hydroxylation sites is 2. The van der Waals surface area contributed by atoms with Gasteiger partial charge in [-0.1, -0.05) is 60.7 Å². The molecule has 0 aliphatic carbocycles. The summed E-state index contributed by atoms with van der Waals surface area (Å²) in [5, 5.41) is 3.18. The maximum Gasteiger partial charge on any atom is 0.252 e. The summed E-state index contributed by atoms with van der Waals surface area (Å²) in [6, 6.07) is 24.9. The highest BCUT2D eigenvalue weighted by atomic mass is 16.5. The fraction of sp³-hybridized carbons (Fsp3) is 0.345. The third-order valence-electron chi connectivity index (χ3n) is 7.00. The zero-order valence-corrected chi connectivity index (χ0v) is 19.8. The molecule has 0 spiro atoms. The lowest BCUT2D eigenvalue weighted by Gasteiger charge is -2.28. The van der Waals surface area contributed by atoms with Crippen LogP contribution in [0.4, 0.5) is 5.69 Å². The predicted molar refractivity (Wildman–Crippen MR) is 135 cm³/mol. The van der Waals surface area contributed by atoms with Crippen molar-refractivity contribution in [3.8, 4) is 16.9 Å². The molecular weight excluding hydrogens is 424 g/mol. The molecule has 1 N–H and O–H groups in total. The molecule has 3 aromatic rings. The Labute approximate surface area is 201 Å². The largest absolute Gasteiger partial charge is 0.496 e. The molecule has 0 bridgehead atoms. The van der Waals surface area contributed by atoms with Gasteiger partial charge in [0.25, 0.3) is 5.91 Å². The van der Waals surface area contributed by atoms with Crippen LogP contribution in [0.5, 0.6) is 5.75 Å². The van der Waals surface area contributed by atoms with Crippen LogP contribution in [0.3, 0.4) is 0 Å². The number of ether oxygens (including phenoxy) is 2. The van der Waals surface area contributed by atoms with Crippen molar-refractivity contribution in [3.05, 3.63) is 83.9 Å².